The van der Waals surface area contributed by atoms with Crippen molar-refractivity contribution in [2.24, 2.45) is 0 Å². The molecular formula is C28H54O5. The van der Waals surface area contributed by atoms with Crippen LogP contribution in [0.3, 0.4) is 0 Å². The van der Waals surface area contributed by atoms with Crippen LogP contribution in [0.1, 0.15) is 142 Å². The average molecular weight is 471 g/mol. The first kappa shape index (κ1) is 31.9. The van der Waals surface area contributed by atoms with Gasteiger partial charge in [-0.25, -0.2) is 9.59 Å². The lowest BCUT2D eigenvalue weighted by molar-refractivity contribution is -0.155. The maximum atomic E-state index is 11.6. The molecule has 0 atom stereocenters. The van der Waals surface area contributed by atoms with Crippen molar-refractivity contribution in [3.63, 3.8) is 0 Å². The molecule has 0 amide bonds. The zero-order valence-corrected chi connectivity index (χ0v) is 22.0. The van der Waals surface area contributed by atoms with E-state index in [2.05, 4.69) is 13.8 Å². The Morgan fingerprint density at radius 1 is 0.424 bits per heavy atom. The zero-order valence-electron chi connectivity index (χ0n) is 22.0. The van der Waals surface area contributed by atoms with E-state index in [9.17, 15) is 9.59 Å². The second-order valence-corrected chi connectivity index (χ2v) is 9.30. The van der Waals surface area contributed by atoms with Gasteiger partial charge in [0.05, 0.1) is 13.2 Å². The van der Waals surface area contributed by atoms with Gasteiger partial charge in [0.15, 0.2) is 0 Å². The molecule has 0 bridgehead atoms. The van der Waals surface area contributed by atoms with Gasteiger partial charge in [-0.1, -0.05) is 129 Å². The van der Waals surface area contributed by atoms with Gasteiger partial charge < -0.3 is 14.2 Å². The van der Waals surface area contributed by atoms with E-state index >= 15 is 0 Å². The van der Waals surface area contributed by atoms with Crippen LogP contribution >= 0.6 is 0 Å². The van der Waals surface area contributed by atoms with Crippen LogP contribution in [0, 0.1) is 0 Å². The molecule has 0 fully saturated rings. The molecule has 0 unspecified atom stereocenters. The minimum atomic E-state index is -0.416. The quantitative estimate of drug-likeness (QED) is 0.0948. The molecule has 196 valence electrons. The molecule has 0 radical (unpaired) electrons. The Morgan fingerprint density at radius 2 is 0.697 bits per heavy atom. The lowest BCUT2D eigenvalue weighted by atomic mass is 10.0. The topological polar surface area (TPSA) is 61.8 Å². The molecule has 0 aromatic carbocycles. The predicted octanol–water partition coefficient (Wildman–Crippen LogP) is 7.93. The third kappa shape index (κ3) is 27.0. The number of rotatable bonds is 26. The Kier molecular flexibility index (Phi) is 26.2. The Hall–Kier alpha value is -1.10. The molecule has 0 heterocycles. The van der Waals surface area contributed by atoms with Crippen LogP contribution < -0.4 is 0 Å². The van der Waals surface area contributed by atoms with Crippen molar-refractivity contribution in [2.75, 3.05) is 26.4 Å². The van der Waals surface area contributed by atoms with E-state index in [1.807, 2.05) is 0 Å². The Bertz CT molecular complexity index is 425. The van der Waals surface area contributed by atoms with Gasteiger partial charge in [0.1, 0.15) is 13.2 Å². The third-order valence-corrected chi connectivity index (χ3v) is 5.96. The average Bonchev–Trinajstić information content (AvgIpc) is 2.81. The largest absolute Gasteiger partial charge is 0.464 e. The van der Waals surface area contributed by atoms with Gasteiger partial charge in [-0.3, -0.25) is 0 Å². The van der Waals surface area contributed by atoms with E-state index < -0.39 is 11.9 Å². The lowest BCUT2D eigenvalue weighted by Crippen LogP contribution is -2.19. The molecule has 0 aliphatic heterocycles. The molecule has 5 heteroatoms. The fourth-order valence-corrected chi connectivity index (χ4v) is 3.85. The number of hydrogen-bond acceptors (Lipinski definition) is 5. The zero-order chi connectivity index (χ0) is 24.2. The minimum absolute atomic E-state index is 0.190. The van der Waals surface area contributed by atoms with Crippen LogP contribution in [0.25, 0.3) is 0 Å². The number of carbonyl (C=O) groups excluding carboxylic acids is 2. The Balaban J connectivity index is 3.25. The summed E-state index contributed by atoms with van der Waals surface area (Å²) in [6, 6.07) is 0. The van der Waals surface area contributed by atoms with Crippen LogP contribution in [0.5, 0.6) is 0 Å². The summed E-state index contributed by atoms with van der Waals surface area (Å²) in [4.78, 5) is 23.2. The number of carbonyl (C=O) groups is 2. The van der Waals surface area contributed by atoms with Crippen LogP contribution in [-0.2, 0) is 23.8 Å². The van der Waals surface area contributed by atoms with Gasteiger partial charge in [0.25, 0.3) is 0 Å². The normalized spacial score (nSPS) is 11.0. The SMILES string of the molecule is CCCCCCCCCCCCCCCCCOC(=O)COCC(=O)OCCCCCCC. The smallest absolute Gasteiger partial charge is 0.332 e. The van der Waals surface area contributed by atoms with E-state index in [4.69, 9.17) is 14.2 Å². The van der Waals surface area contributed by atoms with Crippen molar-refractivity contribution in [2.45, 2.75) is 142 Å². The van der Waals surface area contributed by atoms with E-state index in [-0.39, 0.29) is 13.2 Å². The van der Waals surface area contributed by atoms with Gasteiger partial charge in [0, 0.05) is 0 Å². The number of unbranched alkanes of at least 4 members (excludes halogenated alkanes) is 18. The van der Waals surface area contributed by atoms with Crippen molar-refractivity contribution >= 4 is 11.9 Å². The van der Waals surface area contributed by atoms with Crippen molar-refractivity contribution in [3.8, 4) is 0 Å². The van der Waals surface area contributed by atoms with Crippen molar-refractivity contribution in [3.05, 3.63) is 0 Å². The maximum absolute atomic E-state index is 11.6. The number of esters is 2. The highest BCUT2D eigenvalue weighted by molar-refractivity contribution is 5.73. The molecule has 0 saturated carbocycles. The fourth-order valence-electron chi connectivity index (χ4n) is 3.85. The third-order valence-electron chi connectivity index (χ3n) is 5.96. The second kappa shape index (κ2) is 27.1. The lowest BCUT2D eigenvalue weighted by Gasteiger charge is -2.07. The highest BCUT2D eigenvalue weighted by Crippen LogP contribution is 2.13. The summed E-state index contributed by atoms with van der Waals surface area (Å²) < 4.78 is 15.3. The van der Waals surface area contributed by atoms with Crippen LogP contribution in [0.15, 0.2) is 0 Å². The van der Waals surface area contributed by atoms with Gasteiger partial charge in [-0.15, -0.1) is 0 Å². The van der Waals surface area contributed by atoms with Gasteiger partial charge in [0.2, 0.25) is 0 Å². The fraction of sp³-hybridized carbons (Fsp3) is 0.929. The summed E-state index contributed by atoms with van der Waals surface area (Å²) in [7, 11) is 0. The molecule has 0 aliphatic carbocycles. The molecule has 5 nitrogen and oxygen atoms in total. The molecule has 0 saturated heterocycles. The molecule has 0 aromatic rings. The van der Waals surface area contributed by atoms with Crippen LogP contribution in [0.4, 0.5) is 0 Å². The molecule has 0 spiro atoms. The van der Waals surface area contributed by atoms with Gasteiger partial charge in [-0.2, -0.15) is 0 Å². The summed E-state index contributed by atoms with van der Waals surface area (Å²) in [5.74, 6) is -0.826. The first-order chi connectivity index (χ1) is 16.2. The predicted molar refractivity (Wildman–Crippen MR) is 136 cm³/mol. The van der Waals surface area contributed by atoms with Crippen LogP contribution in [0.2, 0.25) is 0 Å². The molecule has 0 rings (SSSR count). The highest BCUT2D eigenvalue weighted by atomic mass is 16.6. The first-order valence-electron chi connectivity index (χ1n) is 14.1. The van der Waals surface area contributed by atoms with E-state index in [1.165, 1.54) is 103 Å². The van der Waals surface area contributed by atoms with Crippen LogP contribution in [-0.4, -0.2) is 38.4 Å². The number of hydrogen-bond donors (Lipinski definition) is 0. The van der Waals surface area contributed by atoms with Crippen molar-refractivity contribution < 1.29 is 23.8 Å². The monoisotopic (exact) mass is 470 g/mol. The Labute approximate surface area is 204 Å². The standard InChI is InChI=1S/C28H54O5/c1-3-5-7-9-10-11-12-13-14-15-16-17-18-20-22-24-33-28(30)26-31-25-27(29)32-23-21-19-8-6-4-2/h3-26H2,1-2H3. The summed E-state index contributed by atoms with van der Waals surface area (Å²) in [6.07, 6.45) is 25.3. The molecule has 0 N–H and O–H groups in total. The maximum Gasteiger partial charge on any atom is 0.332 e. The molecule has 33 heavy (non-hydrogen) atoms. The van der Waals surface area contributed by atoms with E-state index in [0.29, 0.717) is 13.2 Å². The molecular weight excluding hydrogens is 416 g/mol. The highest BCUT2D eigenvalue weighted by Gasteiger charge is 2.07. The van der Waals surface area contributed by atoms with Crippen molar-refractivity contribution in [1.82, 2.24) is 0 Å². The summed E-state index contributed by atoms with van der Waals surface area (Å²) in [5.41, 5.74) is 0. The van der Waals surface area contributed by atoms with E-state index in [0.717, 1.165) is 25.7 Å². The molecule has 0 aliphatic rings. The molecule has 0 aromatic heterocycles. The Morgan fingerprint density at radius 3 is 1.00 bits per heavy atom. The second-order valence-electron chi connectivity index (χ2n) is 9.30. The first-order valence-corrected chi connectivity index (χ1v) is 14.1. The minimum Gasteiger partial charge on any atom is -0.464 e. The van der Waals surface area contributed by atoms with Crippen molar-refractivity contribution in [1.29, 1.82) is 0 Å². The van der Waals surface area contributed by atoms with Gasteiger partial charge in [-0.05, 0) is 12.8 Å². The van der Waals surface area contributed by atoms with Gasteiger partial charge >= 0.3 is 11.9 Å². The summed E-state index contributed by atoms with van der Waals surface area (Å²) in [6.45, 7) is 4.92. The summed E-state index contributed by atoms with van der Waals surface area (Å²) in [5, 5.41) is 0. The summed E-state index contributed by atoms with van der Waals surface area (Å²) >= 11 is 0. The number of ether oxygens (including phenoxy) is 3. The van der Waals surface area contributed by atoms with E-state index in [1.54, 1.807) is 0 Å².